The van der Waals surface area contributed by atoms with Gasteiger partial charge >= 0.3 is 0 Å². The summed E-state index contributed by atoms with van der Waals surface area (Å²) in [6.07, 6.45) is 0. The maximum Gasteiger partial charge on any atom is 0.132 e. The number of nitrogens with two attached hydrogens (primary N) is 1. The summed E-state index contributed by atoms with van der Waals surface area (Å²) >= 11 is 0. The van der Waals surface area contributed by atoms with E-state index in [0.717, 1.165) is 11.4 Å². The Bertz CT molecular complexity index is 796. The third-order valence-electron chi connectivity index (χ3n) is 3.51. The zero-order chi connectivity index (χ0) is 16.2. The Kier molecular flexibility index (Phi) is 4.39. The molecule has 0 spiro atoms. The van der Waals surface area contributed by atoms with E-state index in [9.17, 15) is 4.39 Å². The largest absolute Gasteiger partial charge is 0.494 e. The van der Waals surface area contributed by atoms with Crippen LogP contribution in [0.2, 0.25) is 0 Å². The van der Waals surface area contributed by atoms with Gasteiger partial charge in [0.25, 0.3) is 0 Å². The van der Waals surface area contributed by atoms with Crippen molar-refractivity contribution in [3.05, 3.63) is 66.1 Å². The molecule has 5 heteroatoms. The molecule has 3 rings (SSSR count). The molecule has 118 valence electrons. The highest BCUT2D eigenvalue weighted by Crippen LogP contribution is 2.27. The zero-order valence-corrected chi connectivity index (χ0v) is 12.9. The number of benzene rings is 2. The lowest BCUT2D eigenvalue weighted by atomic mass is 10.1. The van der Waals surface area contributed by atoms with Gasteiger partial charge in [-0.1, -0.05) is 12.1 Å². The van der Waals surface area contributed by atoms with Gasteiger partial charge in [-0.05, 0) is 49.4 Å². The van der Waals surface area contributed by atoms with Crippen molar-refractivity contribution in [3.8, 4) is 22.7 Å². The van der Waals surface area contributed by atoms with E-state index in [2.05, 4.69) is 5.10 Å². The first-order chi connectivity index (χ1) is 11.2. The lowest BCUT2D eigenvalue weighted by Gasteiger charge is -2.09. The van der Waals surface area contributed by atoms with Crippen molar-refractivity contribution in [1.82, 2.24) is 9.78 Å². The third kappa shape index (κ3) is 3.10. The van der Waals surface area contributed by atoms with Gasteiger partial charge in [-0.25, -0.2) is 9.07 Å². The molecule has 0 fully saturated rings. The number of rotatable bonds is 5. The molecule has 1 aromatic heterocycles. The summed E-state index contributed by atoms with van der Waals surface area (Å²) in [5, 5.41) is 4.48. The van der Waals surface area contributed by atoms with Crippen LogP contribution in [0.4, 0.5) is 4.39 Å². The fourth-order valence-corrected chi connectivity index (χ4v) is 2.44. The maximum atomic E-state index is 14.2. The molecule has 2 N–H and O–H groups in total. The second kappa shape index (κ2) is 6.62. The third-order valence-corrected chi connectivity index (χ3v) is 3.51. The van der Waals surface area contributed by atoms with Gasteiger partial charge in [0.2, 0.25) is 0 Å². The average Bonchev–Trinajstić information content (AvgIpc) is 3.00. The number of hydrogen-bond acceptors (Lipinski definition) is 3. The Hall–Kier alpha value is -2.66. The molecule has 0 radical (unpaired) electrons. The first kappa shape index (κ1) is 15.2. The molecule has 0 unspecified atom stereocenters. The maximum absolute atomic E-state index is 14.2. The smallest absolute Gasteiger partial charge is 0.132 e. The van der Waals surface area contributed by atoms with E-state index in [0.29, 0.717) is 30.1 Å². The van der Waals surface area contributed by atoms with Gasteiger partial charge in [0.1, 0.15) is 11.6 Å². The van der Waals surface area contributed by atoms with Crippen LogP contribution in [0.5, 0.6) is 5.75 Å². The Morgan fingerprint density at radius 1 is 1.13 bits per heavy atom. The first-order valence-electron chi connectivity index (χ1n) is 7.50. The quantitative estimate of drug-likeness (QED) is 0.784. The molecule has 4 nitrogen and oxygen atoms in total. The van der Waals surface area contributed by atoms with Crippen molar-refractivity contribution >= 4 is 0 Å². The molecule has 0 aliphatic heterocycles. The summed E-state index contributed by atoms with van der Waals surface area (Å²) in [5.41, 5.74) is 8.40. The number of aromatic nitrogens is 2. The van der Waals surface area contributed by atoms with Crippen LogP contribution in [0, 0.1) is 5.82 Å². The van der Waals surface area contributed by atoms with E-state index < -0.39 is 0 Å². The fraction of sp³-hybridized carbons (Fsp3) is 0.167. The topological polar surface area (TPSA) is 53.1 Å². The minimum atomic E-state index is -0.289. The number of hydrogen-bond donors (Lipinski definition) is 1. The van der Waals surface area contributed by atoms with E-state index >= 15 is 0 Å². The number of ether oxygens (including phenoxy) is 1. The summed E-state index contributed by atoms with van der Waals surface area (Å²) < 4.78 is 21.3. The Morgan fingerprint density at radius 2 is 1.87 bits per heavy atom. The highest BCUT2D eigenvalue weighted by atomic mass is 19.1. The monoisotopic (exact) mass is 311 g/mol. The summed E-state index contributed by atoms with van der Waals surface area (Å²) in [4.78, 5) is 0. The highest BCUT2D eigenvalue weighted by molar-refractivity contribution is 5.63. The molecule has 0 aliphatic rings. The van der Waals surface area contributed by atoms with Crippen molar-refractivity contribution in [2.24, 2.45) is 5.73 Å². The zero-order valence-electron chi connectivity index (χ0n) is 12.9. The lowest BCUT2D eigenvalue weighted by molar-refractivity contribution is 0.340. The molecule has 23 heavy (non-hydrogen) atoms. The molecule has 0 saturated heterocycles. The van der Waals surface area contributed by atoms with Crippen molar-refractivity contribution in [2.45, 2.75) is 13.5 Å². The van der Waals surface area contributed by atoms with Gasteiger partial charge in [0, 0.05) is 12.1 Å². The fourth-order valence-electron chi connectivity index (χ4n) is 2.44. The van der Waals surface area contributed by atoms with Gasteiger partial charge in [0.15, 0.2) is 0 Å². The summed E-state index contributed by atoms with van der Waals surface area (Å²) in [6, 6.07) is 16.0. The molecular weight excluding hydrogens is 293 g/mol. The molecule has 0 bridgehead atoms. The van der Waals surface area contributed by atoms with Crippen LogP contribution in [-0.2, 0) is 6.54 Å². The SMILES string of the molecule is CCOc1ccc(-n2nc(CN)cc2-c2ccccc2F)cc1. The minimum absolute atomic E-state index is 0.289. The van der Waals surface area contributed by atoms with E-state index in [1.165, 1.54) is 6.07 Å². The second-order valence-corrected chi connectivity index (χ2v) is 5.04. The molecule has 0 aliphatic carbocycles. The van der Waals surface area contributed by atoms with Crippen LogP contribution < -0.4 is 10.5 Å². The first-order valence-corrected chi connectivity index (χ1v) is 7.50. The molecular formula is C18H18FN3O. The molecule has 1 heterocycles. The van der Waals surface area contributed by atoms with E-state index in [4.69, 9.17) is 10.5 Å². The van der Waals surface area contributed by atoms with Gasteiger partial charge in [-0.15, -0.1) is 0 Å². The molecule has 0 amide bonds. The number of nitrogens with zero attached hydrogens (tertiary/aromatic N) is 2. The second-order valence-electron chi connectivity index (χ2n) is 5.04. The van der Waals surface area contributed by atoms with Crippen molar-refractivity contribution in [2.75, 3.05) is 6.61 Å². The summed E-state index contributed by atoms with van der Waals surface area (Å²) in [6.45, 7) is 2.84. The van der Waals surface area contributed by atoms with Gasteiger partial charge in [-0.2, -0.15) is 5.10 Å². The van der Waals surface area contributed by atoms with E-state index in [1.54, 1.807) is 22.9 Å². The van der Waals surface area contributed by atoms with Crippen LogP contribution in [-0.4, -0.2) is 16.4 Å². The van der Waals surface area contributed by atoms with Crippen molar-refractivity contribution in [1.29, 1.82) is 0 Å². The van der Waals surface area contributed by atoms with Crippen molar-refractivity contribution in [3.63, 3.8) is 0 Å². The van der Waals surface area contributed by atoms with Crippen molar-refractivity contribution < 1.29 is 9.13 Å². The molecule has 0 atom stereocenters. The lowest BCUT2D eigenvalue weighted by Crippen LogP contribution is -2.02. The standard InChI is InChI=1S/C18H18FN3O/c1-2-23-15-9-7-14(8-10-15)22-18(11-13(12-20)21-22)16-5-3-4-6-17(16)19/h3-11H,2,12,20H2,1H3. The number of halogens is 1. The summed E-state index contributed by atoms with van der Waals surface area (Å²) in [7, 11) is 0. The van der Waals surface area contributed by atoms with Crippen LogP contribution in [0.25, 0.3) is 16.9 Å². The Labute approximate surface area is 134 Å². The van der Waals surface area contributed by atoms with Crippen LogP contribution in [0.1, 0.15) is 12.6 Å². The van der Waals surface area contributed by atoms with Gasteiger partial charge < -0.3 is 10.5 Å². The van der Waals surface area contributed by atoms with E-state index in [1.807, 2.05) is 37.3 Å². The normalized spacial score (nSPS) is 10.7. The van der Waals surface area contributed by atoms with Crippen LogP contribution in [0.3, 0.4) is 0 Å². The predicted molar refractivity (Wildman–Crippen MR) is 88.0 cm³/mol. The minimum Gasteiger partial charge on any atom is -0.494 e. The Morgan fingerprint density at radius 3 is 2.52 bits per heavy atom. The van der Waals surface area contributed by atoms with Crippen LogP contribution >= 0.6 is 0 Å². The predicted octanol–water partition coefficient (Wildman–Crippen LogP) is 3.54. The average molecular weight is 311 g/mol. The Balaban J connectivity index is 2.08. The highest BCUT2D eigenvalue weighted by Gasteiger charge is 2.14. The molecule has 0 saturated carbocycles. The van der Waals surface area contributed by atoms with Gasteiger partial charge in [-0.3, -0.25) is 0 Å². The molecule has 2 aromatic carbocycles. The van der Waals surface area contributed by atoms with Gasteiger partial charge in [0.05, 0.1) is 23.7 Å². The summed E-state index contributed by atoms with van der Waals surface area (Å²) in [5.74, 6) is 0.498. The van der Waals surface area contributed by atoms with E-state index in [-0.39, 0.29) is 5.82 Å². The molecule has 3 aromatic rings. The van der Waals surface area contributed by atoms with Crippen LogP contribution in [0.15, 0.2) is 54.6 Å².